The van der Waals surface area contributed by atoms with Crippen molar-refractivity contribution >= 4 is 11.6 Å². The number of nitrogens with one attached hydrogen (secondary N) is 2. The number of hydrazine groups is 1. The van der Waals surface area contributed by atoms with Crippen molar-refractivity contribution in [1.29, 1.82) is 0 Å². The fourth-order valence-corrected chi connectivity index (χ4v) is 2.84. The van der Waals surface area contributed by atoms with Gasteiger partial charge in [-0.25, -0.2) is 0 Å². The van der Waals surface area contributed by atoms with Crippen LogP contribution in [0.5, 0.6) is 5.75 Å². The quantitative estimate of drug-likeness (QED) is 0.556. The minimum Gasteiger partial charge on any atom is -0.483 e. The summed E-state index contributed by atoms with van der Waals surface area (Å²) in [5, 5.41) is 0. The zero-order valence-corrected chi connectivity index (χ0v) is 18.1. The Morgan fingerprint density at radius 1 is 0.929 bits per heavy atom. The van der Waals surface area contributed by atoms with Crippen LogP contribution in [-0.2, 0) is 15.6 Å². The van der Waals surface area contributed by atoms with Crippen molar-refractivity contribution in [2.75, 3.05) is 12.0 Å². The molecule has 0 radical (unpaired) electrons. The molecular weight excluding hydrogens is 348 g/mol. The predicted octanol–water partition coefficient (Wildman–Crippen LogP) is 5.58. The second-order valence-electron chi connectivity index (χ2n) is 8.51. The smallest absolute Gasteiger partial charge is 0.276 e. The molecule has 0 saturated carbocycles. The van der Waals surface area contributed by atoms with Crippen LogP contribution in [0.4, 0.5) is 5.69 Å². The fourth-order valence-electron chi connectivity index (χ4n) is 2.84. The third kappa shape index (κ3) is 5.51. The van der Waals surface area contributed by atoms with Crippen LogP contribution >= 0.6 is 0 Å². The summed E-state index contributed by atoms with van der Waals surface area (Å²) in [5.74, 6) is 0.555. The van der Waals surface area contributed by atoms with E-state index < -0.39 is 0 Å². The Balaban J connectivity index is 2.12. The molecule has 2 rings (SSSR count). The minimum atomic E-state index is -0.220. The lowest BCUT2D eigenvalue weighted by atomic mass is 9.76. The Bertz CT molecular complexity index is 782. The number of amides is 1. The number of rotatable bonds is 9. The summed E-state index contributed by atoms with van der Waals surface area (Å²) in [6, 6.07) is 15.9. The molecule has 2 aromatic rings. The molecule has 0 bridgehead atoms. The van der Waals surface area contributed by atoms with Gasteiger partial charge in [0.15, 0.2) is 6.61 Å². The molecule has 0 aromatic heterocycles. The summed E-state index contributed by atoms with van der Waals surface area (Å²) in [4.78, 5) is 12.2. The van der Waals surface area contributed by atoms with Crippen LogP contribution in [0, 0.1) is 0 Å². The summed E-state index contributed by atoms with van der Waals surface area (Å²) < 4.78 is 5.92. The SMILES string of the molecule is CCC(C)(C)c1ccc(OCC(=O)NNc2ccccc2)c(C(C)(C)CC)c1. The van der Waals surface area contributed by atoms with Gasteiger partial charge in [0.25, 0.3) is 5.91 Å². The minimum absolute atomic E-state index is 0.0338. The van der Waals surface area contributed by atoms with Gasteiger partial charge in [0.05, 0.1) is 5.69 Å². The largest absolute Gasteiger partial charge is 0.483 e. The van der Waals surface area contributed by atoms with E-state index in [1.807, 2.05) is 36.4 Å². The second kappa shape index (κ2) is 9.13. The summed E-state index contributed by atoms with van der Waals surface area (Å²) in [6.07, 6.45) is 2.05. The number of hydrogen-bond donors (Lipinski definition) is 2. The van der Waals surface area contributed by atoms with Crippen molar-refractivity contribution in [3.05, 3.63) is 59.7 Å². The van der Waals surface area contributed by atoms with Gasteiger partial charge in [-0.3, -0.25) is 15.6 Å². The first kappa shape index (κ1) is 21.8. The van der Waals surface area contributed by atoms with Gasteiger partial charge in [0.1, 0.15) is 5.75 Å². The van der Waals surface area contributed by atoms with Crippen LogP contribution in [-0.4, -0.2) is 12.5 Å². The molecule has 1 amide bonds. The first-order valence-corrected chi connectivity index (χ1v) is 10.1. The molecule has 0 aliphatic rings. The van der Waals surface area contributed by atoms with E-state index in [-0.39, 0.29) is 23.3 Å². The highest BCUT2D eigenvalue weighted by molar-refractivity contribution is 5.79. The van der Waals surface area contributed by atoms with Gasteiger partial charge in [-0.05, 0) is 47.4 Å². The van der Waals surface area contributed by atoms with Gasteiger partial charge in [0, 0.05) is 5.56 Å². The Kier molecular flexibility index (Phi) is 7.11. The first-order valence-electron chi connectivity index (χ1n) is 10.1. The van der Waals surface area contributed by atoms with E-state index in [1.54, 1.807) is 0 Å². The van der Waals surface area contributed by atoms with E-state index in [9.17, 15) is 4.79 Å². The third-order valence-corrected chi connectivity index (χ3v) is 5.74. The lowest BCUT2D eigenvalue weighted by molar-refractivity contribution is -0.122. The maximum atomic E-state index is 12.2. The summed E-state index contributed by atoms with van der Waals surface area (Å²) in [7, 11) is 0. The van der Waals surface area contributed by atoms with Gasteiger partial charge in [0.2, 0.25) is 0 Å². The fraction of sp³-hybridized carbons (Fsp3) is 0.458. The van der Waals surface area contributed by atoms with Crippen molar-refractivity contribution in [3.8, 4) is 5.75 Å². The Morgan fingerprint density at radius 2 is 1.57 bits per heavy atom. The van der Waals surface area contributed by atoms with E-state index in [1.165, 1.54) is 5.56 Å². The molecule has 4 nitrogen and oxygen atoms in total. The van der Waals surface area contributed by atoms with Gasteiger partial charge < -0.3 is 4.74 Å². The molecule has 152 valence electrons. The van der Waals surface area contributed by atoms with Gasteiger partial charge >= 0.3 is 0 Å². The van der Waals surface area contributed by atoms with Crippen LogP contribution in [0.2, 0.25) is 0 Å². The molecule has 0 saturated heterocycles. The third-order valence-electron chi connectivity index (χ3n) is 5.74. The summed E-state index contributed by atoms with van der Waals surface area (Å²) in [5.41, 5.74) is 8.92. The molecule has 0 spiro atoms. The molecule has 0 fully saturated rings. The highest BCUT2D eigenvalue weighted by atomic mass is 16.5. The standard InChI is InChI=1S/C24H34N2O2/c1-7-23(3,4)18-14-15-21(20(16-18)24(5,6)8-2)28-17-22(27)26-25-19-12-10-9-11-13-19/h9-16,25H,7-8,17H2,1-6H3,(H,26,27). The average Bonchev–Trinajstić information content (AvgIpc) is 2.71. The van der Waals surface area contributed by atoms with Crippen molar-refractivity contribution in [1.82, 2.24) is 5.43 Å². The number of para-hydroxylation sites is 1. The van der Waals surface area contributed by atoms with Crippen LogP contribution in [0.3, 0.4) is 0 Å². The summed E-state index contributed by atoms with van der Waals surface area (Å²) >= 11 is 0. The highest BCUT2D eigenvalue weighted by Crippen LogP contribution is 2.38. The molecule has 28 heavy (non-hydrogen) atoms. The Morgan fingerprint density at radius 3 is 2.18 bits per heavy atom. The Labute approximate surface area is 169 Å². The lowest BCUT2D eigenvalue weighted by Gasteiger charge is -2.30. The zero-order valence-electron chi connectivity index (χ0n) is 18.1. The van der Waals surface area contributed by atoms with Crippen molar-refractivity contribution < 1.29 is 9.53 Å². The molecule has 0 unspecified atom stereocenters. The number of carbonyl (C=O) groups is 1. The first-order chi connectivity index (χ1) is 13.2. The Hall–Kier alpha value is -2.49. The average molecular weight is 383 g/mol. The van der Waals surface area contributed by atoms with Crippen LogP contribution in [0.1, 0.15) is 65.5 Å². The number of ether oxygens (including phenoxy) is 1. The number of anilines is 1. The molecule has 0 heterocycles. The normalized spacial score (nSPS) is 11.8. The van der Waals surface area contributed by atoms with Crippen molar-refractivity contribution in [2.45, 2.75) is 65.2 Å². The highest BCUT2D eigenvalue weighted by Gasteiger charge is 2.26. The lowest BCUT2D eigenvalue weighted by Crippen LogP contribution is -2.34. The van der Waals surface area contributed by atoms with E-state index in [4.69, 9.17) is 4.74 Å². The monoisotopic (exact) mass is 382 g/mol. The van der Waals surface area contributed by atoms with E-state index >= 15 is 0 Å². The van der Waals surface area contributed by atoms with Crippen LogP contribution in [0.15, 0.2) is 48.5 Å². The molecule has 2 aromatic carbocycles. The number of hydrogen-bond acceptors (Lipinski definition) is 3. The predicted molar refractivity (Wildman–Crippen MR) is 117 cm³/mol. The molecule has 4 heteroatoms. The van der Waals surface area contributed by atoms with E-state index in [0.29, 0.717) is 0 Å². The molecule has 2 N–H and O–H groups in total. The molecular formula is C24H34N2O2. The molecule has 0 aliphatic carbocycles. The second-order valence-corrected chi connectivity index (χ2v) is 8.51. The molecule has 0 aliphatic heterocycles. The molecule has 0 atom stereocenters. The van der Waals surface area contributed by atoms with E-state index in [2.05, 4.69) is 64.5 Å². The van der Waals surface area contributed by atoms with Crippen LogP contribution < -0.4 is 15.6 Å². The van der Waals surface area contributed by atoms with Crippen molar-refractivity contribution in [3.63, 3.8) is 0 Å². The maximum absolute atomic E-state index is 12.2. The van der Waals surface area contributed by atoms with Gasteiger partial charge in [-0.1, -0.05) is 71.9 Å². The van der Waals surface area contributed by atoms with Crippen molar-refractivity contribution in [2.24, 2.45) is 0 Å². The topological polar surface area (TPSA) is 50.4 Å². The maximum Gasteiger partial charge on any atom is 0.276 e. The van der Waals surface area contributed by atoms with E-state index in [0.717, 1.165) is 29.8 Å². The summed E-state index contributed by atoms with van der Waals surface area (Å²) in [6.45, 7) is 13.3. The van der Waals surface area contributed by atoms with Gasteiger partial charge in [-0.2, -0.15) is 0 Å². The van der Waals surface area contributed by atoms with Crippen LogP contribution in [0.25, 0.3) is 0 Å². The van der Waals surface area contributed by atoms with Gasteiger partial charge in [-0.15, -0.1) is 0 Å². The zero-order chi connectivity index (χ0) is 20.8. The number of carbonyl (C=O) groups excluding carboxylic acids is 1. The number of benzene rings is 2.